The third kappa shape index (κ3) is 6.57. The highest BCUT2D eigenvalue weighted by atomic mass is 16.5. The van der Waals surface area contributed by atoms with E-state index in [1.54, 1.807) is 7.11 Å². The number of hydrogen-bond donors (Lipinski definition) is 3. The molecule has 5 unspecified atom stereocenters. The first kappa shape index (κ1) is 28.6. The molecule has 7 heteroatoms. The van der Waals surface area contributed by atoms with Crippen molar-refractivity contribution in [1.82, 2.24) is 4.90 Å². The Morgan fingerprint density at radius 1 is 1.08 bits per heavy atom. The highest BCUT2D eigenvalue weighted by Crippen LogP contribution is 2.45. The SMILES string of the molecule is COCCCCC(O)(c1ccccc1Oc1ccccc1C)C1CCCN(C(=O)C2CCC(O)C(N)C2)C1. The van der Waals surface area contributed by atoms with E-state index in [9.17, 15) is 15.0 Å². The lowest BCUT2D eigenvalue weighted by molar-refractivity contribution is -0.143. The second-order valence-electron chi connectivity index (χ2n) is 11.1. The molecule has 1 aliphatic heterocycles. The van der Waals surface area contributed by atoms with Crippen molar-refractivity contribution in [2.24, 2.45) is 17.6 Å². The molecule has 0 radical (unpaired) electrons. The second-order valence-corrected chi connectivity index (χ2v) is 11.1. The fraction of sp³-hybridized carbons (Fsp3) is 0.581. The molecule has 7 nitrogen and oxygen atoms in total. The van der Waals surface area contributed by atoms with Gasteiger partial charge in [0.1, 0.15) is 11.5 Å². The van der Waals surface area contributed by atoms with E-state index in [1.165, 1.54) is 0 Å². The maximum absolute atomic E-state index is 13.5. The molecule has 4 N–H and O–H groups in total. The molecule has 4 rings (SSSR count). The third-order valence-electron chi connectivity index (χ3n) is 8.44. The summed E-state index contributed by atoms with van der Waals surface area (Å²) in [6, 6.07) is 15.3. The van der Waals surface area contributed by atoms with Crippen LogP contribution in [0.25, 0.3) is 0 Å². The molecule has 0 bridgehead atoms. The standard InChI is InChI=1S/C31H44N2O5/c1-22-10-3-5-13-28(22)38-29-14-6-4-12-25(29)31(36,17-7-8-19-37-2)24-11-9-18-33(21-24)30(35)23-15-16-27(34)26(32)20-23/h3-6,10,12-14,23-24,26-27,34,36H,7-9,11,15-21,32H2,1-2H3. The van der Waals surface area contributed by atoms with Gasteiger partial charge in [-0.1, -0.05) is 36.4 Å². The molecule has 1 aliphatic carbocycles. The van der Waals surface area contributed by atoms with Crippen LogP contribution in [0.1, 0.15) is 62.5 Å². The zero-order chi connectivity index (χ0) is 27.1. The molecule has 2 aromatic carbocycles. The topological polar surface area (TPSA) is 105 Å². The minimum atomic E-state index is -1.16. The van der Waals surface area contributed by atoms with Crippen LogP contribution in [0.5, 0.6) is 11.5 Å². The number of rotatable bonds is 10. The van der Waals surface area contributed by atoms with Crippen LogP contribution >= 0.6 is 0 Å². The molecule has 0 spiro atoms. The molecule has 0 aromatic heterocycles. The van der Waals surface area contributed by atoms with E-state index in [1.807, 2.05) is 60.4 Å². The summed E-state index contributed by atoms with van der Waals surface area (Å²) in [5.74, 6) is 1.21. The average Bonchev–Trinajstić information content (AvgIpc) is 2.94. The highest BCUT2D eigenvalue weighted by Gasteiger charge is 2.44. The Bertz CT molecular complexity index is 1060. The molecule has 1 heterocycles. The predicted molar refractivity (Wildman–Crippen MR) is 148 cm³/mol. The zero-order valence-corrected chi connectivity index (χ0v) is 22.9. The number of methoxy groups -OCH3 is 1. The smallest absolute Gasteiger partial charge is 0.225 e. The van der Waals surface area contributed by atoms with E-state index in [2.05, 4.69) is 0 Å². The van der Waals surface area contributed by atoms with Gasteiger partial charge in [0, 0.05) is 50.2 Å². The van der Waals surface area contributed by atoms with Crippen LogP contribution in [0.15, 0.2) is 48.5 Å². The van der Waals surface area contributed by atoms with Gasteiger partial charge in [0.05, 0.1) is 11.7 Å². The molecule has 5 atom stereocenters. The van der Waals surface area contributed by atoms with Gasteiger partial charge in [-0.05, 0) is 76.0 Å². The number of nitrogens with two attached hydrogens (primary N) is 1. The van der Waals surface area contributed by atoms with Gasteiger partial charge in [0.2, 0.25) is 5.91 Å². The van der Waals surface area contributed by atoms with Gasteiger partial charge >= 0.3 is 0 Å². The predicted octanol–water partition coefficient (Wildman–Crippen LogP) is 4.52. The lowest BCUT2D eigenvalue weighted by Crippen LogP contribution is -2.51. The maximum Gasteiger partial charge on any atom is 0.225 e. The van der Waals surface area contributed by atoms with Crippen molar-refractivity contribution in [3.05, 3.63) is 59.7 Å². The first-order valence-electron chi connectivity index (χ1n) is 14.1. The van der Waals surface area contributed by atoms with Crippen LogP contribution in [0, 0.1) is 18.8 Å². The number of piperidine rings is 1. The van der Waals surface area contributed by atoms with Crippen molar-refractivity contribution in [1.29, 1.82) is 0 Å². The third-order valence-corrected chi connectivity index (χ3v) is 8.44. The normalized spacial score (nSPS) is 25.6. The lowest BCUT2D eigenvalue weighted by atomic mass is 9.73. The van der Waals surface area contributed by atoms with Gasteiger partial charge in [-0.15, -0.1) is 0 Å². The number of para-hydroxylation sites is 2. The zero-order valence-electron chi connectivity index (χ0n) is 22.9. The number of ether oxygens (including phenoxy) is 2. The van der Waals surface area contributed by atoms with Crippen LogP contribution in [0.2, 0.25) is 0 Å². The van der Waals surface area contributed by atoms with Crippen molar-refractivity contribution in [2.45, 2.75) is 76.0 Å². The Labute approximate surface area is 226 Å². The fourth-order valence-electron chi connectivity index (χ4n) is 6.14. The average molecular weight is 525 g/mol. The van der Waals surface area contributed by atoms with Crippen molar-refractivity contribution in [2.75, 3.05) is 26.8 Å². The number of benzene rings is 2. The fourth-order valence-corrected chi connectivity index (χ4v) is 6.14. The van der Waals surface area contributed by atoms with Crippen LogP contribution in [-0.2, 0) is 15.1 Å². The summed E-state index contributed by atoms with van der Waals surface area (Å²) in [4.78, 5) is 15.4. The van der Waals surface area contributed by atoms with Gasteiger partial charge in [0.25, 0.3) is 0 Å². The van der Waals surface area contributed by atoms with E-state index < -0.39 is 11.7 Å². The summed E-state index contributed by atoms with van der Waals surface area (Å²) in [5.41, 5.74) is 6.72. The molecule has 38 heavy (non-hydrogen) atoms. The minimum Gasteiger partial charge on any atom is -0.457 e. The highest BCUT2D eigenvalue weighted by molar-refractivity contribution is 5.79. The van der Waals surface area contributed by atoms with Crippen molar-refractivity contribution >= 4 is 5.91 Å². The van der Waals surface area contributed by atoms with Crippen LogP contribution in [0.3, 0.4) is 0 Å². The van der Waals surface area contributed by atoms with Crippen LogP contribution < -0.4 is 10.5 Å². The van der Waals surface area contributed by atoms with Gasteiger partial charge in [-0.3, -0.25) is 4.79 Å². The summed E-state index contributed by atoms with van der Waals surface area (Å²) in [5, 5.41) is 22.5. The molecular weight excluding hydrogens is 480 g/mol. The molecule has 2 aliphatic rings. The number of carbonyl (C=O) groups is 1. The lowest BCUT2D eigenvalue weighted by Gasteiger charge is -2.44. The molecule has 1 amide bonds. The monoisotopic (exact) mass is 524 g/mol. The first-order chi connectivity index (χ1) is 18.3. The number of aliphatic hydroxyl groups is 2. The van der Waals surface area contributed by atoms with Crippen molar-refractivity contribution in [3.63, 3.8) is 0 Å². The number of nitrogens with zero attached hydrogens (tertiary/aromatic N) is 1. The molecule has 2 fully saturated rings. The van der Waals surface area contributed by atoms with E-state index in [-0.39, 0.29) is 23.8 Å². The molecule has 1 saturated carbocycles. The Hall–Kier alpha value is -2.45. The van der Waals surface area contributed by atoms with E-state index in [0.29, 0.717) is 51.1 Å². The molecule has 2 aromatic rings. The summed E-state index contributed by atoms with van der Waals surface area (Å²) in [6.07, 6.45) is 5.04. The number of aliphatic hydroxyl groups excluding tert-OH is 1. The summed E-state index contributed by atoms with van der Waals surface area (Å²) >= 11 is 0. The van der Waals surface area contributed by atoms with Crippen LogP contribution in [0.4, 0.5) is 0 Å². The second kappa shape index (κ2) is 13.1. The van der Waals surface area contributed by atoms with Gasteiger partial charge in [0.15, 0.2) is 0 Å². The van der Waals surface area contributed by atoms with Crippen molar-refractivity contribution < 1.29 is 24.5 Å². The number of unbranched alkanes of at least 4 members (excludes halogenated alkanes) is 1. The Balaban J connectivity index is 1.60. The number of hydrogen-bond acceptors (Lipinski definition) is 6. The number of aryl methyl sites for hydroxylation is 1. The van der Waals surface area contributed by atoms with Gasteiger partial charge in [-0.25, -0.2) is 0 Å². The summed E-state index contributed by atoms with van der Waals surface area (Å²) < 4.78 is 11.7. The molecule has 1 saturated heterocycles. The quantitative estimate of drug-likeness (QED) is 0.395. The van der Waals surface area contributed by atoms with Crippen LogP contribution in [-0.4, -0.2) is 60.0 Å². The van der Waals surface area contributed by atoms with Gasteiger partial charge < -0.3 is 30.3 Å². The first-order valence-corrected chi connectivity index (χ1v) is 14.1. The Kier molecular flexibility index (Phi) is 9.82. The number of amides is 1. The summed E-state index contributed by atoms with van der Waals surface area (Å²) in [6.45, 7) is 3.83. The molecule has 208 valence electrons. The van der Waals surface area contributed by atoms with E-state index in [4.69, 9.17) is 15.2 Å². The summed E-state index contributed by atoms with van der Waals surface area (Å²) in [7, 11) is 1.69. The number of likely N-dealkylation sites (tertiary alicyclic amines) is 1. The minimum absolute atomic E-state index is 0.100. The maximum atomic E-state index is 13.5. The van der Waals surface area contributed by atoms with E-state index in [0.717, 1.165) is 42.6 Å². The largest absolute Gasteiger partial charge is 0.457 e. The Morgan fingerprint density at radius 2 is 1.82 bits per heavy atom. The number of carbonyl (C=O) groups excluding carboxylic acids is 1. The molecular formula is C31H44N2O5. The van der Waals surface area contributed by atoms with E-state index >= 15 is 0 Å². The van der Waals surface area contributed by atoms with Crippen molar-refractivity contribution in [3.8, 4) is 11.5 Å². The Morgan fingerprint density at radius 3 is 2.55 bits per heavy atom. The van der Waals surface area contributed by atoms with Gasteiger partial charge in [-0.2, -0.15) is 0 Å².